The summed E-state index contributed by atoms with van der Waals surface area (Å²) in [6.07, 6.45) is 7.28. The van der Waals surface area contributed by atoms with E-state index in [1.54, 1.807) is 0 Å². The first-order valence-electron chi connectivity index (χ1n) is 8.02. The average Bonchev–Trinajstić information content (AvgIpc) is 3.04. The number of aliphatic hydroxyl groups excluding tert-OH is 1. The molecule has 0 spiro atoms. The number of nitrogens with one attached hydrogen (secondary N) is 1. The van der Waals surface area contributed by atoms with Gasteiger partial charge < -0.3 is 10.4 Å². The Morgan fingerprint density at radius 2 is 2.20 bits per heavy atom. The predicted octanol–water partition coefficient (Wildman–Crippen LogP) is 2.17. The van der Waals surface area contributed by atoms with E-state index in [9.17, 15) is 5.11 Å². The number of aromatic nitrogens is 2. The van der Waals surface area contributed by atoms with Gasteiger partial charge in [0.25, 0.3) is 0 Å². The van der Waals surface area contributed by atoms with E-state index in [4.69, 9.17) is 0 Å². The van der Waals surface area contributed by atoms with Crippen molar-refractivity contribution < 1.29 is 5.11 Å². The minimum absolute atomic E-state index is 0.0166. The molecule has 2 N–H and O–H groups in total. The molecule has 0 bridgehead atoms. The lowest BCUT2D eigenvalue weighted by molar-refractivity contribution is 0.114. The first kappa shape index (κ1) is 14.1. The molecule has 2 saturated carbocycles. The molecule has 1 aromatic rings. The van der Waals surface area contributed by atoms with E-state index < -0.39 is 0 Å². The lowest BCUT2D eigenvalue weighted by Crippen LogP contribution is -2.52. The number of hydrogen-bond donors (Lipinski definition) is 2. The van der Waals surface area contributed by atoms with Gasteiger partial charge in [0.1, 0.15) is 0 Å². The van der Waals surface area contributed by atoms with Crippen LogP contribution in [0.1, 0.15) is 49.9 Å². The molecule has 0 amide bonds. The zero-order valence-corrected chi connectivity index (χ0v) is 12.7. The molecule has 0 aromatic carbocycles. The summed E-state index contributed by atoms with van der Waals surface area (Å²) in [5.41, 5.74) is 2.32. The van der Waals surface area contributed by atoms with Crippen LogP contribution in [0.15, 0.2) is 6.07 Å². The van der Waals surface area contributed by atoms with Gasteiger partial charge in [-0.2, -0.15) is 5.10 Å². The summed E-state index contributed by atoms with van der Waals surface area (Å²) in [4.78, 5) is 0. The van der Waals surface area contributed by atoms with Crippen molar-refractivity contribution in [2.24, 2.45) is 5.92 Å². The monoisotopic (exact) mass is 277 g/mol. The fourth-order valence-corrected chi connectivity index (χ4v) is 3.82. The van der Waals surface area contributed by atoms with Gasteiger partial charge in [-0.3, -0.25) is 4.68 Å². The lowest BCUT2D eigenvalue weighted by atomic mass is 9.85. The lowest BCUT2D eigenvalue weighted by Gasteiger charge is -2.35. The maximum Gasteiger partial charge on any atom is 0.0616 e. The van der Waals surface area contributed by atoms with Gasteiger partial charge in [-0.15, -0.1) is 0 Å². The van der Waals surface area contributed by atoms with Gasteiger partial charge in [-0.25, -0.2) is 0 Å². The molecule has 1 heterocycles. The van der Waals surface area contributed by atoms with Gasteiger partial charge >= 0.3 is 0 Å². The van der Waals surface area contributed by atoms with Crippen LogP contribution in [0.4, 0.5) is 0 Å². The zero-order valence-electron chi connectivity index (χ0n) is 12.7. The maximum absolute atomic E-state index is 9.93. The molecule has 0 radical (unpaired) electrons. The van der Waals surface area contributed by atoms with Gasteiger partial charge in [0.2, 0.25) is 0 Å². The van der Waals surface area contributed by atoms with Crippen molar-refractivity contribution in [2.45, 2.75) is 70.5 Å². The molecule has 3 rings (SSSR count). The minimum atomic E-state index is -0.0166. The summed E-state index contributed by atoms with van der Waals surface area (Å²) in [5, 5.41) is 18.2. The molecular formula is C16H27N3O. The quantitative estimate of drug-likeness (QED) is 0.838. The third kappa shape index (κ3) is 2.77. The van der Waals surface area contributed by atoms with E-state index in [-0.39, 0.29) is 12.1 Å². The molecule has 2 atom stereocenters. The van der Waals surface area contributed by atoms with Crippen LogP contribution in [0, 0.1) is 19.8 Å². The van der Waals surface area contributed by atoms with Crippen LogP contribution >= 0.6 is 0 Å². The van der Waals surface area contributed by atoms with Crippen molar-refractivity contribution in [3.63, 3.8) is 0 Å². The fourth-order valence-electron chi connectivity index (χ4n) is 3.82. The molecule has 112 valence electrons. The van der Waals surface area contributed by atoms with E-state index >= 15 is 0 Å². The summed E-state index contributed by atoms with van der Waals surface area (Å²) >= 11 is 0. The standard InChI is InChI=1S/C16H27N3O/c1-12-10-13(2)19(18-12)9-7-14-4-3-8-16(14,11-20)17-15-5-6-15/h10,14-15,17,20H,3-9,11H2,1-2H3. The second-order valence-corrected chi connectivity index (χ2v) is 6.76. The Morgan fingerprint density at radius 3 is 2.80 bits per heavy atom. The number of nitrogens with zero attached hydrogens (tertiary/aromatic N) is 2. The van der Waals surface area contributed by atoms with Crippen LogP contribution < -0.4 is 5.32 Å². The molecular weight excluding hydrogens is 250 g/mol. The smallest absolute Gasteiger partial charge is 0.0616 e. The van der Waals surface area contributed by atoms with Gasteiger partial charge in [-0.1, -0.05) is 6.42 Å². The highest BCUT2D eigenvalue weighted by Crippen LogP contribution is 2.40. The van der Waals surface area contributed by atoms with Crippen LogP contribution in [-0.4, -0.2) is 33.1 Å². The van der Waals surface area contributed by atoms with Crippen LogP contribution in [0.25, 0.3) is 0 Å². The van der Waals surface area contributed by atoms with Crippen molar-refractivity contribution in [2.75, 3.05) is 6.61 Å². The summed E-state index contributed by atoms with van der Waals surface area (Å²) in [6, 6.07) is 2.80. The molecule has 2 unspecified atom stereocenters. The van der Waals surface area contributed by atoms with Crippen LogP contribution in [0.5, 0.6) is 0 Å². The molecule has 1 aromatic heterocycles. The second kappa shape index (κ2) is 5.49. The summed E-state index contributed by atoms with van der Waals surface area (Å²) in [5.74, 6) is 0.581. The highest BCUT2D eigenvalue weighted by atomic mass is 16.3. The maximum atomic E-state index is 9.93. The number of rotatable bonds is 6. The highest BCUT2D eigenvalue weighted by molar-refractivity contribution is 5.07. The SMILES string of the molecule is Cc1cc(C)n(CCC2CCCC2(CO)NC2CC2)n1. The molecule has 0 aliphatic heterocycles. The van der Waals surface area contributed by atoms with E-state index in [2.05, 4.69) is 28.1 Å². The molecule has 0 saturated heterocycles. The molecule has 4 nitrogen and oxygen atoms in total. The topological polar surface area (TPSA) is 50.1 Å². The zero-order chi connectivity index (χ0) is 14.2. The van der Waals surface area contributed by atoms with E-state index in [1.807, 2.05) is 6.92 Å². The highest BCUT2D eigenvalue weighted by Gasteiger charge is 2.44. The first-order valence-corrected chi connectivity index (χ1v) is 8.02. The van der Waals surface area contributed by atoms with Crippen molar-refractivity contribution in [1.29, 1.82) is 0 Å². The average molecular weight is 277 g/mol. The van der Waals surface area contributed by atoms with Gasteiger partial charge in [-0.05, 0) is 57.9 Å². The molecule has 2 aliphatic rings. The third-order valence-corrected chi connectivity index (χ3v) is 5.10. The Balaban J connectivity index is 1.64. The summed E-state index contributed by atoms with van der Waals surface area (Å²) < 4.78 is 2.12. The second-order valence-electron chi connectivity index (χ2n) is 6.76. The van der Waals surface area contributed by atoms with Gasteiger partial charge in [0, 0.05) is 23.8 Å². The third-order valence-electron chi connectivity index (χ3n) is 5.10. The van der Waals surface area contributed by atoms with Gasteiger partial charge in [0.05, 0.1) is 12.3 Å². The summed E-state index contributed by atoms with van der Waals surface area (Å²) in [6.45, 7) is 5.42. The Hall–Kier alpha value is -0.870. The number of aliphatic hydroxyl groups is 1. The van der Waals surface area contributed by atoms with Crippen molar-refractivity contribution in [1.82, 2.24) is 15.1 Å². The molecule has 4 heteroatoms. The molecule has 2 fully saturated rings. The minimum Gasteiger partial charge on any atom is -0.394 e. The Kier molecular flexibility index (Phi) is 3.87. The predicted molar refractivity (Wildman–Crippen MR) is 79.6 cm³/mol. The summed E-state index contributed by atoms with van der Waals surface area (Å²) in [7, 11) is 0. The normalized spacial score (nSPS) is 30.1. The Morgan fingerprint density at radius 1 is 1.40 bits per heavy atom. The van der Waals surface area contributed by atoms with Crippen molar-refractivity contribution in [3.8, 4) is 0 Å². The largest absolute Gasteiger partial charge is 0.394 e. The van der Waals surface area contributed by atoms with E-state index in [0.29, 0.717) is 12.0 Å². The van der Waals surface area contributed by atoms with E-state index in [0.717, 1.165) is 25.1 Å². The Labute approximate surface area is 121 Å². The van der Waals surface area contributed by atoms with Gasteiger partial charge in [0.15, 0.2) is 0 Å². The fraction of sp³-hybridized carbons (Fsp3) is 0.812. The van der Waals surface area contributed by atoms with E-state index in [1.165, 1.54) is 31.4 Å². The first-order chi connectivity index (χ1) is 9.63. The van der Waals surface area contributed by atoms with Crippen LogP contribution in [0.2, 0.25) is 0 Å². The van der Waals surface area contributed by atoms with Crippen LogP contribution in [0.3, 0.4) is 0 Å². The Bertz CT molecular complexity index is 466. The number of aryl methyl sites for hydroxylation is 3. The molecule has 2 aliphatic carbocycles. The number of hydrogen-bond acceptors (Lipinski definition) is 3. The van der Waals surface area contributed by atoms with Crippen molar-refractivity contribution in [3.05, 3.63) is 17.5 Å². The van der Waals surface area contributed by atoms with Crippen LogP contribution in [-0.2, 0) is 6.54 Å². The van der Waals surface area contributed by atoms with Crippen molar-refractivity contribution >= 4 is 0 Å². The molecule has 20 heavy (non-hydrogen) atoms.